The molecule has 1 aromatic rings. The van der Waals surface area contributed by atoms with Crippen LogP contribution < -0.4 is 9.62 Å². The van der Waals surface area contributed by atoms with E-state index in [1.165, 1.54) is 12.1 Å². The zero-order valence-electron chi connectivity index (χ0n) is 16.2. The van der Waals surface area contributed by atoms with Crippen LogP contribution in [-0.4, -0.2) is 65.5 Å². The summed E-state index contributed by atoms with van der Waals surface area (Å²) in [5, 5.41) is 0. The molecule has 152 valence electrons. The second-order valence-electron chi connectivity index (χ2n) is 7.67. The molecule has 2 aliphatic heterocycles. The lowest BCUT2D eigenvalue weighted by molar-refractivity contribution is 0.0723. The van der Waals surface area contributed by atoms with Gasteiger partial charge in [0.05, 0.1) is 5.75 Å². The minimum atomic E-state index is -3.45. The van der Waals surface area contributed by atoms with Crippen LogP contribution >= 0.6 is 0 Å². The average Bonchev–Trinajstić information content (AvgIpc) is 2.62. The predicted octanol–water partition coefficient (Wildman–Crippen LogP) is 1.98. The van der Waals surface area contributed by atoms with Gasteiger partial charge < -0.3 is 14.5 Å². The molecule has 1 aromatic carbocycles. The van der Waals surface area contributed by atoms with E-state index in [9.17, 15) is 12.8 Å². The van der Waals surface area contributed by atoms with Crippen molar-refractivity contribution in [1.82, 2.24) is 9.62 Å². The minimum Gasteiger partial charge on any atom is -0.381 e. The zero-order chi connectivity index (χ0) is 19.4. The van der Waals surface area contributed by atoms with Crippen molar-refractivity contribution in [2.24, 2.45) is 5.92 Å². The Balaban J connectivity index is 1.73. The Morgan fingerprint density at radius 2 is 1.89 bits per heavy atom. The Kier molecular flexibility index (Phi) is 6.73. The number of hydrogen-bond donors (Lipinski definition) is 1. The molecular weight excluding hydrogens is 369 g/mol. The fraction of sp³-hybridized carbons (Fsp3) is 0.684. The zero-order valence-corrected chi connectivity index (χ0v) is 17.0. The van der Waals surface area contributed by atoms with Gasteiger partial charge in [-0.05, 0) is 56.5 Å². The van der Waals surface area contributed by atoms with E-state index < -0.39 is 16.1 Å². The number of hydrogen-bond acceptors (Lipinski definition) is 5. The highest BCUT2D eigenvalue weighted by Gasteiger charge is 2.26. The Morgan fingerprint density at radius 1 is 1.22 bits per heavy atom. The summed E-state index contributed by atoms with van der Waals surface area (Å²) in [7, 11) is -1.37. The number of anilines is 1. The highest BCUT2D eigenvalue weighted by Crippen LogP contribution is 2.29. The lowest BCUT2D eigenvalue weighted by Gasteiger charge is -2.36. The number of likely N-dealkylation sites (N-methyl/N-ethyl adjacent to an activating group) is 1. The van der Waals surface area contributed by atoms with Gasteiger partial charge in [0.2, 0.25) is 10.0 Å². The second-order valence-corrected chi connectivity index (χ2v) is 9.47. The molecule has 0 spiro atoms. The number of rotatable bonds is 6. The first-order valence-electron chi connectivity index (χ1n) is 9.65. The maximum absolute atomic E-state index is 13.9. The SMILES string of the molecule is CC(NS(=O)(=O)CC1CCOCC1)c1cc(F)ccc1N1CCN(C)CC1. The van der Waals surface area contributed by atoms with Crippen molar-refractivity contribution in [3.63, 3.8) is 0 Å². The number of halogens is 1. The predicted molar refractivity (Wildman–Crippen MR) is 105 cm³/mol. The third-order valence-corrected chi connectivity index (χ3v) is 7.08. The van der Waals surface area contributed by atoms with E-state index in [-0.39, 0.29) is 17.5 Å². The topological polar surface area (TPSA) is 61.9 Å². The van der Waals surface area contributed by atoms with Crippen LogP contribution in [0, 0.1) is 11.7 Å². The summed E-state index contributed by atoms with van der Waals surface area (Å²) in [5.41, 5.74) is 1.60. The first-order chi connectivity index (χ1) is 12.8. The highest BCUT2D eigenvalue weighted by atomic mass is 32.2. The van der Waals surface area contributed by atoms with Crippen molar-refractivity contribution in [2.75, 3.05) is 57.1 Å². The number of benzene rings is 1. The Morgan fingerprint density at radius 3 is 2.56 bits per heavy atom. The number of piperazine rings is 1. The van der Waals surface area contributed by atoms with Crippen LogP contribution in [0.4, 0.5) is 10.1 Å². The molecule has 1 unspecified atom stereocenters. The fourth-order valence-corrected chi connectivity index (χ4v) is 5.53. The largest absolute Gasteiger partial charge is 0.381 e. The molecular formula is C19H30FN3O3S. The normalized spacial score (nSPS) is 21.4. The van der Waals surface area contributed by atoms with Crippen LogP contribution in [-0.2, 0) is 14.8 Å². The lowest BCUT2D eigenvalue weighted by Crippen LogP contribution is -2.45. The number of nitrogens with zero attached hydrogens (tertiary/aromatic N) is 2. The maximum Gasteiger partial charge on any atom is 0.212 e. The van der Waals surface area contributed by atoms with Crippen molar-refractivity contribution in [2.45, 2.75) is 25.8 Å². The lowest BCUT2D eigenvalue weighted by atomic mass is 10.0. The van der Waals surface area contributed by atoms with Crippen LogP contribution in [0.3, 0.4) is 0 Å². The number of nitrogens with one attached hydrogen (secondary N) is 1. The molecule has 6 nitrogen and oxygen atoms in total. The second kappa shape index (κ2) is 8.86. The standard InChI is InChI=1S/C19H30FN3O3S/c1-15(21-27(24,25)14-16-5-11-26-12-6-16)18-13-17(20)3-4-19(18)23-9-7-22(2)8-10-23/h3-4,13,15-16,21H,5-12,14H2,1-2H3. The highest BCUT2D eigenvalue weighted by molar-refractivity contribution is 7.89. The van der Waals surface area contributed by atoms with Crippen LogP contribution in [0.2, 0.25) is 0 Å². The summed E-state index contributed by atoms with van der Waals surface area (Å²) >= 11 is 0. The monoisotopic (exact) mass is 399 g/mol. The smallest absolute Gasteiger partial charge is 0.212 e. The van der Waals surface area contributed by atoms with Gasteiger partial charge in [0.15, 0.2) is 0 Å². The summed E-state index contributed by atoms with van der Waals surface area (Å²) in [4.78, 5) is 4.46. The summed E-state index contributed by atoms with van der Waals surface area (Å²) in [6.45, 7) is 6.57. The number of sulfonamides is 1. The van der Waals surface area contributed by atoms with Crippen LogP contribution in [0.15, 0.2) is 18.2 Å². The molecule has 0 aliphatic carbocycles. The molecule has 8 heteroatoms. The van der Waals surface area contributed by atoms with Crippen molar-refractivity contribution < 1.29 is 17.5 Å². The summed E-state index contributed by atoms with van der Waals surface area (Å²) in [6.07, 6.45) is 1.53. The molecule has 2 aliphatic rings. The molecule has 0 saturated carbocycles. The van der Waals surface area contributed by atoms with Gasteiger partial charge in [0.1, 0.15) is 5.82 Å². The van der Waals surface area contributed by atoms with E-state index in [2.05, 4.69) is 21.6 Å². The Hall–Kier alpha value is -1.22. The molecule has 0 bridgehead atoms. The molecule has 2 heterocycles. The fourth-order valence-electron chi connectivity index (χ4n) is 3.81. The van der Waals surface area contributed by atoms with Crippen LogP contribution in [0.5, 0.6) is 0 Å². The Bertz CT molecular complexity index is 730. The summed E-state index contributed by atoms with van der Waals surface area (Å²) < 4.78 is 47.3. The first-order valence-corrected chi connectivity index (χ1v) is 11.3. The maximum atomic E-state index is 13.9. The van der Waals surface area contributed by atoms with E-state index >= 15 is 0 Å². The number of ether oxygens (including phenoxy) is 1. The van der Waals surface area contributed by atoms with Gasteiger partial charge in [-0.1, -0.05) is 0 Å². The van der Waals surface area contributed by atoms with E-state index in [1.807, 2.05) is 0 Å². The Labute approximate surface area is 161 Å². The molecule has 0 amide bonds. The van der Waals surface area contributed by atoms with Gasteiger partial charge in [-0.15, -0.1) is 0 Å². The van der Waals surface area contributed by atoms with Gasteiger partial charge in [0, 0.05) is 51.1 Å². The molecule has 1 atom stereocenters. The molecule has 2 saturated heterocycles. The van der Waals surface area contributed by atoms with Gasteiger partial charge in [0.25, 0.3) is 0 Å². The summed E-state index contributed by atoms with van der Waals surface area (Å²) in [5.74, 6) is -0.133. The van der Waals surface area contributed by atoms with Gasteiger partial charge in [-0.2, -0.15) is 0 Å². The molecule has 1 N–H and O–H groups in total. The first kappa shape index (κ1) is 20.5. The van der Waals surface area contributed by atoms with E-state index in [4.69, 9.17) is 4.74 Å². The average molecular weight is 400 g/mol. The van der Waals surface area contributed by atoms with E-state index in [1.54, 1.807) is 13.0 Å². The van der Waals surface area contributed by atoms with Gasteiger partial charge >= 0.3 is 0 Å². The van der Waals surface area contributed by atoms with Crippen LogP contribution in [0.1, 0.15) is 31.4 Å². The van der Waals surface area contributed by atoms with Crippen LogP contribution in [0.25, 0.3) is 0 Å². The third kappa shape index (κ3) is 5.63. The van der Waals surface area contributed by atoms with Crippen molar-refractivity contribution >= 4 is 15.7 Å². The third-order valence-electron chi connectivity index (χ3n) is 5.45. The molecule has 2 fully saturated rings. The van der Waals surface area contributed by atoms with Gasteiger partial charge in [-0.3, -0.25) is 0 Å². The van der Waals surface area contributed by atoms with E-state index in [0.717, 1.165) is 44.7 Å². The van der Waals surface area contributed by atoms with Gasteiger partial charge in [-0.25, -0.2) is 17.5 Å². The minimum absolute atomic E-state index is 0.0971. The molecule has 27 heavy (non-hydrogen) atoms. The molecule has 3 rings (SSSR count). The quantitative estimate of drug-likeness (QED) is 0.793. The molecule has 0 radical (unpaired) electrons. The summed E-state index contributed by atoms with van der Waals surface area (Å²) in [6, 6.07) is 4.18. The van der Waals surface area contributed by atoms with Crippen molar-refractivity contribution in [3.8, 4) is 0 Å². The van der Waals surface area contributed by atoms with E-state index in [0.29, 0.717) is 18.8 Å². The van der Waals surface area contributed by atoms with Crippen molar-refractivity contribution in [1.29, 1.82) is 0 Å². The van der Waals surface area contributed by atoms with Crippen molar-refractivity contribution in [3.05, 3.63) is 29.6 Å². The molecule has 0 aromatic heterocycles.